The van der Waals surface area contributed by atoms with E-state index >= 15 is 0 Å². The average molecular weight is 268 g/mol. The third-order valence-corrected chi connectivity index (χ3v) is 3.54. The van der Waals surface area contributed by atoms with Gasteiger partial charge < -0.3 is 16.0 Å². The smallest absolute Gasteiger partial charge is 0.217 e. The van der Waals surface area contributed by atoms with Gasteiger partial charge in [-0.15, -0.1) is 0 Å². The maximum atomic E-state index is 11.0. The van der Waals surface area contributed by atoms with E-state index in [0.717, 1.165) is 31.6 Å². The quantitative estimate of drug-likeness (QED) is 0.806. The lowest BCUT2D eigenvalue weighted by Gasteiger charge is -2.34. The fourth-order valence-corrected chi connectivity index (χ4v) is 2.70. The number of amides is 1. The van der Waals surface area contributed by atoms with Gasteiger partial charge >= 0.3 is 0 Å². The van der Waals surface area contributed by atoms with Gasteiger partial charge in [-0.3, -0.25) is 4.79 Å². The van der Waals surface area contributed by atoms with Crippen LogP contribution in [-0.4, -0.2) is 25.0 Å². The average Bonchev–Trinajstić information content (AvgIpc) is 2.30. The number of anilines is 2. The zero-order chi connectivity index (χ0) is 13.1. The van der Waals surface area contributed by atoms with Crippen molar-refractivity contribution in [3.05, 3.63) is 23.2 Å². The molecular formula is C13H18ClN3O. The Bertz CT molecular complexity index is 422. The second kappa shape index (κ2) is 5.48. The van der Waals surface area contributed by atoms with E-state index in [4.69, 9.17) is 17.3 Å². The van der Waals surface area contributed by atoms with Crippen LogP contribution in [0.2, 0.25) is 5.02 Å². The summed E-state index contributed by atoms with van der Waals surface area (Å²) in [6.45, 7) is 3.27. The molecule has 3 N–H and O–H groups in total. The van der Waals surface area contributed by atoms with Crippen molar-refractivity contribution in [3.63, 3.8) is 0 Å². The summed E-state index contributed by atoms with van der Waals surface area (Å²) in [5.74, 6) is 0.0331. The number of halogens is 1. The Hall–Kier alpha value is -1.42. The molecule has 0 bridgehead atoms. The summed E-state index contributed by atoms with van der Waals surface area (Å²) in [7, 11) is 0. The SMILES string of the molecule is CC(=O)NC1CCN(c2c(N)cccc2Cl)CC1. The van der Waals surface area contributed by atoms with Gasteiger partial charge in [-0.05, 0) is 25.0 Å². The minimum atomic E-state index is 0.0331. The highest BCUT2D eigenvalue weighted by Gasteiger charge is 2.22. The number of benzene rings is 1. The molecule has 1 aromatic carbocycles. The molecule has 0 atom stereocenters. The summed E-state index contributed by atoms with van der Waals surface area (Å²) < 4.78 is 0. The van der Waals surface area contributed by atoms with E-state index in [-0.39, 0.29) is 11.9 Å². The molecule has 0 spiro atoms. The van der Waals surface area contributed by atoms with Gasteiger partial charge in [0.05, 0.1) is 16.4 Å². The summed E-state index contributed by atoms with van der Waals surface area (Å²) >= 11 is 6.19. The second-order valence-corrected chi connectivity index (χ2v) is 5.05. The van der Waals surface area contributed by atoms with E-state index in [1.807, 2.05) is 18.2 Å². The van der Waals surface area contributed by atoms with Crippen LogP contribution in [0.25, 0.3) is 0 Å². The molecular weight excluding hydrogens is 250 g/mol. The topological polar surface area (TPSA) is 58.4 Å². The Morgan fingerprint density at radius 2 is 2.11 bits per heavy atom. The molecule has 98 valence electrons. The first kappa shape index (κ1) is 13.0. The van der Waals surface area contributed by atoms with Gasteiger partial charge in [-0.1, -0.05) is 17.7 Å². The van der Waals surface area contributed by atoms with Crippen molar-refractivity contribution >= 4 is 28.9 Å². The van der Waals surface area contributed by atoms with E-state index in [2.05, 4.69) is 10.2 Å². The van der Waals surface area contributed by atoms with Crippen molar-refractivity contribution in [2.24, 2.45) is 0 Å². The highest BCUT2D eigenvalue weighted by Crippen LogP contribution is 2.33. The highest BCUT2D eigenvalue weighted by atomic mass is 35.5. The second-order valence-electron chi connectivity index (χ2n) is 4.64. The molecule has 1 heterocycles. The molecule has 0 saturated carbocycles. The minimum absolute atomic E-state index is 0.0331. The lowest BCUT2D eigenvalue weighted by Crippen LogP contribution is -2.44. The molecule has 2 rings (SSSR count). The zero-order valence-corrected chi connectivity index (χ0v) is 11.2. The standard InChI is InChI=1S/C13H18ClN3O/c1-9(18)16-10-5-7-17(8-6-10)13-11(14)3-2-4-12(13)15/h2-4,10H,5-8,15H2,1H3,(H,16,18). The van der Waals surface area contributed by atoms with Crippen molar-refractivity contribution in [2.45, 2.75) is 25.8 Å². The van der Waals surface area contributed by atoms with Gasteiger partial charge in [-0.25, -0.2) is 0 Å². The number of hydrogen-bond acceptors (Lipinski definition) is 3. The first-order valence-electron chi connectivity index (χ1n) is 6.14. The summed E-state index contributed by atoms with van der Waals surface area (Å²) in [5.41, 5.74) is 7.60. The molecule has 0 aromatic heterocycles. The Labute approximate surface area is 112 Å². The minimum Gasteiger partial charge on any atom is -0.397 e. The molecule has 0 unspecified atom stereocenters. The summed E-state index contributed by atoms with van der Waals surface area (Å²) in [4.78, 5) is 13.2. The lowest BCUT2D eigenvalue weighted by atomic mass is 10.0. The van der Waals surface area contributed by atoms with Crippen LogP contribution < -0.4 is 16.0 Å². The van der Waals surface area contributed by atoms with Crippen LogP contribution >= 0.6 is 11.6 Å². The molecule has 18 heavy (non-hydrogen) atoms. The van der Waals surface area contributed by atoms with Crippen molar-refractivity contribution in [2.75, 3.05) is 23.7 Å². The molecule has 4 nitrogen and oxygen atoms in total. The Balaban J connectivity index is 2.03. The number of rotatable bonds is 2. The summed E-state index contributed by atoms with van der Waals surface area (Å²) in [6, 6.07) is 5.84. The molecule has 1 fully saturated rings. The van der Waals surface area contributed by atoms with Crippen LogP contribution in [0.15, 0.2) is 18.2 Å². The van der Waals surface area contributed by atoms with Crippen molar-refractivity contribution in [3.8, 4) is 0 Å². The number of nitrogens with two attached hydrogens (primary N) is 1. The number of nitrogens with one attached hydrogen (secondary N) is 1. The maximum absolute atomic E-state index is 11.0. The Morgan fingerprint density at radius 1 is 1.44 bits per heavy atom. The largest absolute Gasteiger partial charge is 0.397 e. The van der Waals surface area contributed by atoms with Gasteiger partial charge in [0.1, 0.15) is 0 Å². The van der Waals surface area contributed by atoms with E-state index in [9.17, 15) is 4.79 Å². The number of nitrogens with zero attached hydrogens (tertiary/aromatic N) is 1. The molecule has 1 amide bonds. The van der Waals surface area contributed by atoms with E-state index < -0.39 is 0 Å². The molecule has 1 aromatic rings. The van der Waals surface area contributed by atoms with Gasteiger partial charge in [0.2, 0.25) is 5.91 Å². The first-order chi connectivity index (χ1) is 8.58. The number of hydrogen-bond donors (Lipinski definition) is 2. The number of nitrogen functional groups attached to an aromatic ring is 1. The highest BCUT2D eigenvalue weighted by molar-refractivity contribution is 6.34. The van der Waals surface area contributed by atoms with Crippen LogP contribution in [0, 0.1) is 0 Å². The monoisotopic (exact) mass is 267 g/mol. The van der Waals surface area contributed by atoms with Crippen LogP contribution in [0.4, 0.5) is 11.4 Å². The summed E-state index contributed by atoms with van der Waals surface area (Å²) in [6.07, 6.45) is 1.84. The van der Waals surface area contributed by atoms with Crippen LogP contribution in [0.5, 0.6) is 0 Å². The Morgan fingerprint density at radius 3 is 2.67 bits per heavy atom. The van der Waals surface area contributed by atoms with Crippen LogP contribution in [-0.2, 0) is 4.79 Å². The Kier molecular flexibility index (Phi) is 3.97. The maximum Gasteiger partial charge on any atom is 0.217 e. The van der Waals surface area contributed by atoms with Gasteiger partial charge in [0.25, 0.3) is 0 Å². The van der Waals surface area contributed by atoms with Crippen LogP contribution in [0.1, 0.15) is 19.8 Å². The predicted octanol–water partition coefficient (Wildman–Crippen LogP) is 2.03. The summed E-state index contributed by atoms with van der Waals surface area (Å²) in [5, 5.41) is 3.64. The fraction of sp³-hybridized carbons (Fsp3) is 0.462. The van der Waals surface area contributed by atoms with E-state index in [1.54, 1.807) is 6.92 Å². The van der Waals surface area contributed by atoms with Crippen molar-refractivity contribution in [1.82, 2.24) is 5.32 Å². The molecule has 0 radical (unpaired) electrons. The lowest BCUT2D eigenvalue weighted by molar-refractivity contribution is -0.119. The van der Waals surface area contributed by atoms with Crippen molar-refractivity contribution < 1.29 is 4.79 Å². The molecule has 1 aliphatic heterocycles. The first-order valence-corrected chi connectivity index (χ1v) is 6.51. The normalized spacial score (nSPS) is 16.7. The van der Waals surface area contributed by atoms with Crippen LogP contribution in [0.3, 0.4) is 0 Å². The third kappa shape index (κ3) is 2.88. The number of carbonyl (C=O) groups excluding carboxylic acids is 1. The fourth-order valence-electron chi connectivity index (χ4n) is 2.40. The predicted molar refractivity (Wildman–Crippen MR) is 74.9 cm³/mol. The van der Waals surface area contributed by atoms with Gasteiger partial charge in [0.15, 0.2) is 0 Å². The molecule has 1 saturated heterocycles. The van der Waals surface area contributed by atoms with Gasteiger partial charge in [0, 0.05) is 26.1 Å². The zero-order valence-electron chi connectivity index (χ0n) is 10.4. The number of piperidine rings is 1. The third-order valence-electron chi connectivity index (χ3n) is 3.24. The molecule has 1 aliphatic rings. The van der Waals surface area contributed by atoms with Crippen molar-refractivity contribution in [1.29, 1.82) is 0 Å². The van der Waals surface area contributed by atoms with Gasteiger partial charge in [-0.2, -0.15) is 0 Å². The van der Waals surface area contributed by atoms with E-state index in [0.29, 0.717) is 10.7 Å². The number of carbonyl (C=O) groups is 1. The molecule has 5 heteroatoms. The number of para-hydroxylation sites is 1. The van der Waals surface area contributed by atoms with E-state index in [1.165, 1.54) is 0 Å². The molecule has 0 aliphatic carbocycles.